The van der Waals surface area contributed by atoms with E-state index >= 15 is 0 Å². The van der Waals surface area contributed by atoms with Gasteiger partial charge in [-0.05, 0) is 63.8 Å². The standard InChI is InChI=1S/C30H42N4O3/c1-11-19-12-13-24-21(14-19)26(32-31-25(35)18-34(8,9)10)28(37)33(24)17-20-15-22(29(2,3)4)27(36)23(16-20)30(5,6)7/h12-16H,11,17-18H2,1-10H3,(H-,31,35,36,37)/p+1. The monoisotopic (exact) mass is 507 g/mol. The molecule has 1 aromatic heterocycles. The topological polar surface area (TPSA) is 87.2 Å². The van der Waals surface area contributed by atoms with Crippen molar-refractivity contribution in [2.24, 2.45) is 10.2 Å². The van der Waals surface area contributed by atoms with E-state index in [1.807, 2.05) is 51.5 Å². The van der Waals surface area contributed by atoms with Crippen LogP contribution in [-0.2, 0) is 28.6 Å². The Morgan fingerprint density at radius 2 is 1.49 bits per heavy atom. The Hall–Kier alpha value is -3.19. The Kier molecular flexibility index (Phi) is 7.62. The molecule has 0 spiro atoms. The van der Waals surface area contributed by atoms with Gasteiger partial charge in [0.05, 0.1) is 33.2 Å². The quantitative estimate of drug-likeness (QED) is 0.292. The zero-order chi connectivity index (χ0) is 27.9. The molecule has 0 aliphatic carbocycles. The van der Waals surface area contributed by atoms with Crippen molar-refractivity contribution in [3.63, 3.8) is 0 Å². The second-order valence-electron chi connectivity index (χ2n) is 13.0. The minimum Gasteiger partial charge on any atom is -0.507 e. The summed E-state index contributed by atoms with van der Waals surface area (Å²) in [5, 5.41) is 31.4. The molecule has 0 saturated carbocycles. The fraction of sp³-hybridized carbons (Fsp3) is 0.500. The molecule has 0 aliphatic rings. The third-order valence-corrected chi connectivity index (χ3v) is 6.48. The van der Waals surface area contributed by atoms with Crippen molar-refractivity contribution in [2.45, 2.75) is 72.3 Å². The third kappa shape index (κ3) is 6.39. The van der Waals surface area contributed by atoms with Crippen LogP contribution in [0.4, 0.5) is 5.69 Å². The van der Waals surface area contributed by atoms with Crippen molar-refractivity contribution in [1.29, 1.82) is 0 Å². The van der Waals surface area contributed by atoms with Crippen LogP contribution in [0.15, 0.2) is 40.6 Å². The van der Waals surface area contributed by atoms with Crippen molar-refractivity contribution in [2.75, 3.05) is 27.7 Å². The Balaban J connectivity index is 2.18. The molecule has 0 fully saturated rings. The minimum absolute atomic E-state index is 0.0345. The molecule has 1 amide bonds. The zero-order valence-corrected chi connectivity index (χ0v) is 24.1. The number of phenolic OH excluding ortho intramolecular Hbond substituents is 1. The van der Waals surface area contributed by atoms with Crippen LogP contribution in [0.2, 0.25) is 0 Å². The fourth-order valence-electron chi connectivity index (χ4n) is 4.50. The van der Waals surface area contributed by atoms with Crippen molar-refractivity contribution >= 4 is 22.5 Å². The van der Waals surface area contributed by atoms with Gasteiger partial charge in [-0.3, -0.25) is 4.79 Å². The average Bonchev–Trinajstić information content (AvgIpc) is 3.00. The summed E-state index contributed by atoms with van der Waals surface area (Å²) in [7, 11) is 5.75. The predicted molar refractivity (Wildman–Crippen MR) is 150 cm³/mol. The number of aryl methyl sites for hydroxylation is 1. The molecule has 0 unspecified atom stereocenters. The highest BCUT2D eigenvalue weighted by Crippen LogP contribution is 2.43. The van der Waals surface area contributed by atoms with Crippen molar-refractivity contribution in [3.05, 3.63) is 52.6 Å². The second kappa shape index (κ2) is 9.93. The molecule has 1 heterocycles. The van der Waals surface area contributed by atoms with Crippen LogP contribution in [0.3, 0.4) is 0 Å². The number of azo groups is 1. The lowest BCUT2D eigenvalue weighted by Crippen LogP contribution is -2.38. The van der Waals surface area contributed by atoms with Gasteiger partial charge in [-0.2, -0.15) is 0 Å². The smallest absolute Gasteiger partial charge is 0.319 e. The lowest BCUT2D eigenvalue weighted by Gasteiger charge is -2.28. The molecular formula is C30H43N4O3+. The van der Waals surface area contributed by atoms with Crippen LogP contribution in [0.5, 0.6) is 11.6 Å². The normalized spacial score (nSPS) is 13.1. The Morgan fingerprint density at radius 3 is 1.97 bits per heavy atom. The Labute approximate surface area is 221 Å². The van der Waals surface area contributed by atoms with Gasteiger partial charge in [0.25, 0.3) is 0 Å². The minimum atomic E-state index is -0.345. The number of carbonyl (C=O) groups is 1. The van der Waals surface area contributed by atoms with Crippen LogP contribution in [-0.4, -0.2) is 52.9 Å². The first-order valence-corrected chi connectivity index (χ1v) is 12.9. The number of phenols is 1. The molecule has 2 aromatic carbocycles. The number of hydrogen-bond acceptors (Lipinski definition) is 4. The maximum absolute atomic E-state index is 12.4. The molecule has 2 N–H and O–H groups in total. The first kappa shape index (κ1) is 28.4. The van der Waals surface area contributed by atoms with Gasteiger partial charge in [0.15, 0.2) is 12.2 Å². The molecule has 7 heteroatoms. The number of likely N-dealkylation sites (N-methyl/N-ethyl adjacent to an activating group) is 1. The summed E-state index contributed by atoms with van der Waals surface area (Å²) in [5.74, 6) is -0.0569. The van der Waals surface area contributed by atoms with E-state index < -0.39 is 0 Å². The molecule has 0 aliphatic heterocycles. The number of hydrogen-bond donors (Lipinski definition) is 2. The van der Waals surface area contributed by atoms with E-state index in [0.717, 1.165) is 39.6 Å². The molecule has 3 aromatic rings. The number of nitrogens with zero attached hydrogens (tertiary/aromatic N) is 4. The molecule has 200 valence electrons. The Bertz CT molecular complexity index is 1310. The number of aromatic hydroxyl groups is 2. The summed E-state index contributed by atoms with van der Waals surface area (Å²) in [5.41, 5.74) is 4.38. The first-order chi connectivity index (χ1) is 16.9. The highest BCUT2D eigenvalue weighted by molar-refractivity contribution is 5.96. The number of benzene rings is 2. The molecule has 0 radical (unpaired) electrons. The summed E-state index contributed by atoms with van der Waals surface area (Å²) in [4.78, 5) is 12.4. The lowest BCUT2D eigenvalue weighted by molar-refractivity contribution is -0.862. The number of amides is 1. The van der Waals surface area contributed by atoms with E-state index in [0.29, 0.717) is 22.5 Å². The second-order valence-corrected chi connectivity index (χ2v) is 13.0. The molecular weight excluding hydrogens is 464 g/mol. The maximum Gasteiger partial charge on any atom is 0.319 e. The van der Waals surface area contributed by atoms with Gasteiger partial charge in [0, 0.05) is 5.39 Å². The maximum atomic E-state index is 12.4. The van der Waals surface area contributed by atoms with Crippen LogP contribution >= 0.6 is 0 Å². The SMILES string of the molecule is CCc1ccc2c(c1)c(N=NC(=O)C[N+](C)(C)C)c(O)n2Cc1cc(C(C)(C)C)c(O)c(C(C)(C)C)c1. The van der Waals surface area contributed by atoms with Gasteiger partial charge in [0.2, 0.25) is 5.88 Å². The van der Waals surface area contributed by atoms with E-state index in [2.05, 4.69) is 58.7 Å². The lowest BCUT2D eigenvalue weighted by atomic mass is 9.78. The van der Waals surface area contributed by atoms with E-state index in [4.69, 9.17) is 0 Å². The fourth-order valence-corrected chi connectivity index (χ4v) is 4.50. The molecule has 0 saturated heterocycles. The largest absolute Gasteiger partial charge is 0.507 e. The summed E-state index contributed by atoms with van der Waals surface area (Å²) >= 11 is 0. The van der Waals surface area contributed by atoms with E-state index in [-0.39, 0.29) is 29.2 Å². The summed E-state index contributed by atoms with van der Waals surface area (Å²) < 4.78 is 2.25. The van der Waals surface area contributed by atoms with Crippen molar-refractivity contribution < 1.29 is 19.5 Å². The van der Waals surface area contributed by atoms with Crippen LogP contribution in [0.25, 0.3) is 10.9 Å². The van der Waals surface area contributed by atoms with E-state index in [9.17, 15) is 15.0 Å². The molecule has 0 atom stereocenters. The van der Waals surface area contributed by atoms with Crippen LogP contribution in [0.1, 0.15) is 70.7 Å². The number of fused-ring (bicyclic) bond motifs is 1. The first-order valence-electron chi connectivity index (χ1n) is 12.9. The molecule has 7 nitrogen and oxygen atoms in total. The van der Waals surface area contributed by atoms with Crippen molar-refractivity contribution in [1.82, 2.24) is 4.57 Å². The third-order valence-electron chi connectivity index (χ3n) is 6.48. The summed E-state index contributed by atoms with van der Waals surface area (Å²) in [6.45, 7) is 15.2. The number of carbonyl (C=O) groups excluding carboxylic acids is 1. The van der Waals surface area contributed by atoms with Gasteiger partial charge < -0.3 is 19.3 Å². The van der Waals surface area contributed by atoms with Gasteiger partial charge in [-0.15, -0.1) is 10.2 Å². The van der Waals surface area contributed by atoms with Crippen LogP contribution < -0.4 is 0 Å². The van der Waals surface area contributed by atoms with Crippen LogP contribution in [0, 0.1) is 0 Å². The Morgan fingerprint density at radius 1 is 0.919 bits per heavy atom. The van der Waals surface area contributed by atoms with Gasteiger partial charge in [0.1, 0.15) is 5.75 Å². The number of quaternary nitrogens is 1. The average molecular weight is 508 g/mol. The summed E-state index contributed by atoms with van der Waals surface area (Å²) in [6, 6.07) is 10.1. The number of rotatable bonds is 6. The molecule has 0 bridgehead atoms. The highest BCUT2D eigenvalue weighted by atomic mass is 16.3. The predicted octanol–water partition coefficient (Wildman–Crippen LogP) is 6.57. The molecule has 37 heavy (non-hydrogen) atoms. The van der Waals surface area contributed by atoms with E-state index in [1.54, 1.807) is 4.57 Å². The number of aromatic nitrogens is 1. The summed E-state index contributed by atoms with van der Waals surface area (Å²) in [6.07, 6.45) is 0.834. The molecule has 3 rings (SSSR count). The van der Waals surface area contributed by atoms with Gasteiger partial charge >= 0.3 is 5.91 Å². The van der Waals surface area contributed by atoms with Crippen molar-refractivity contribution in [3.8, 4) is 11.6 Å². The van der Waals surface area contributed by atoms with Gasteiger partial charge in [-0.1, -0.05) is 54.5 Å². The van der Waals surface area contributed by atoms with E-state index in [1.165, 1.54) is 0 Å². The zero-order valence-electron chi connectivity index (χ0n) is 24.1. The van der Waals surface area contributed by atoms with Gasteiger partial charge in [-0.25, -0.2) is 0 Å². The highest BCUT2D eigenvalue weighted by Gasteiger charge is 2.27.